The quantitative estimate of drug-likeness (QED) is 0.252. The Kier molecular flexibility index (Phi) is 5.53. The summed E-state index contributed by atoms with van der Waals surface area (Å²) in [5.74, 6) is 0.311. The van der Waals surface area contributed by atoms with Gasteiger partial charge in [-0.05, 0) is 51.2 Å². The van der Waals surface area contributed by atoms with Crippen LogP contribution in [0.4, 0.5) is 0 Å². The number of rotatable bonds is 6. The Balaban J connectivity index is 1.70. The highest BCUT2D eigenvalue weighted by atomic mass is 32.2. The molecule has 3 aromatic heterocycles. The number of aryl methyl sites for hydroxylation is 3. The van der Waals surface area contributed by atoms with Crippen LogP contribution in [0.15, 0.2) is 28.7 Å². The van der Waals surface area contributed by atoms with E-state index in [9.17, 15) is 9.59 Å². The molecule has 0 N–H and O–H groups in total. The predicted octanol–water partition coefficient (Wildman–Crippen LogP) is 4.45. The maximum absolute atomic E-state index is 13.3. The molecule has 5 nitrogen and oxygen atoms in total. The van der Waals surface area contributed by atoms with Crippen molar-refractivity contribution in [3.63, 3.8) is 0 Å². The van der Waals surface area contributed by atoms with Crippen molar-refractivity contribution in [2.45, 2.75) is 51.2 Å². The molecule has 0 aliphatic heterocycles. The van der Waals surface area contributed by atoms with Crippen LogP contribution < -0.4 is 5.56 Å². The molecule has 7 heteroatoms. The van der Waals surface area contributed by atoms with E-state index in [1.807, 2.05) is 31.5 Å². The molecule has 0 saturated heterocycles. The van der Waals surface area contributed by atoms with E-state index in [2.05, 4.69) is 6.58 Å². The van der Waals surface area contributed by atoms with Gasteiger partial charge in [-0.1, -0.05) is 17.8 Å². The number of thioether (sulfide) groups is 1. The summed E-state index contributed by atoms with van der Waals surface area (Å²) in [6, 6.07) is 1.93. The molecule has 0 atom stereocenters. The van der Waals surface area contributed by atoms with Gasteiger partial charge in [0, 0.05) is 35.4 Å². The fourth-order valence-electron chi connectivity index (χ4n) is 3.97. The number of nitrogens with zero attached hydrogens (tertiary/aromatic N) is 3. The number of carbonyl (C=O) groups excluding carboxylic acids is 1. The second-order valence-electron chi connectivity index (χ2n) is 7.55. The number of carbonyl (C=O) groups is 1. The zero-order valence-corrected chi connectivity index (χ0v) is 18.7. The molecule has 3 heterocycles. The fraction of sp³-hybridized carbons (Fsp3) is 0.409. The van der Waals surface area contributed by atoms with Crippen molar-refractivity contribution in [2.75, 3.05) is 5.75 Å². The largest absolute Gasteiger partial charge is 0.351 e. The lowest BCUT2D eigenvalue weighted by Crippen LogP contribution is -2.23. The van der Waals surface area contributed by atoms with Gasteiger partial charge in [-0.2, -0.15) is 0 Å². The van der Waals surface area contributed by atoms with Crippen molar-refractivity contribution < 1.29 is 4.79 Å². The maximum Gasteiger partial charge on any atom is 0.263 e. The second-order valence-corrected chi connectivity index (χ2v) is 9.57. The summed E-state index contributed by atoms with van der Waals surface area (Å²) in [7, 11) is 1.96. The van der Waals surface area contributed by atoms with Gasteiger partial charge in [0.1, 0.15) is 4.83 Å². The van der Waals surface area contributed by atoms with Crippen molar-refractivity contribution in [1.29, 1.82) is 0 Å². The molecule has 0 fully saturated rings. The summed E-state index contributed by atoms with van der Waals surface area (Å²) < 4.78 is 3.68. The van der Waals surface area contributed by atoms with Gasteiger partial charge in [0.2, 0.25) is 0 Å². The first-order valence-corrected chi connectivity index (χ1v) is 11.7. The predicted molar refractivity (Wildman–Crippen MR) is 121 cm³/mol. The molecule has 0 unspecified atom stereocenters. The number of hydrogen-bond acceptors (Lipinski definition) is 5. The van der Waals surface area contributed by atoms with Gasteiger partial charge in [0.05, 0.1) is 11.1 Å². The third kappa shape index (κ3) is 3.51. The van der Waals surface area contributed by atoms with Crippen molar-refractivity contribution in [2.24, 2.45) is 7.05 Å². The second kappa shape index (κ2) is 7.95. The summed E-state index contributed by atoms with van der Waals surface area (Å²) in [6.07, 6.45) is 6.00. The average Bonchev–Trinajstić information content (AvgIpc) is 3.21. The Morgan fingerprint density at radius 2 is 2.10 bits per heavy atom. The van der Waals surface area contributed by atoms with Gasteiger partial charge >= 0.3 is 0 Å². The van der Waals surface area contributed by atoms with Crippen molar-refractivity contribution in [3.8, 4) is 0 Å². The number of ketones is 1. The average molecular weight is 428 g/mol. The normalized spacial score (nSPS) is 13.6. The summed E-state index contributed by atoms with van der Waals surface area (Å²) in [6.45, 7) is 8.14. The number of hydrogen-bond donors (Lipinski definition) is 0. The van der Waals surface area contributed by atoms with Gasteiger partial charge in [-0.25, -0.2) is 4.98 Å². The first kappa shape index (κ1) is 20.2. The molecule has 1 aliphatic rings. The summed E-state index contributed by atoms with van der Waals surface area (Å²) in [5.41, 5.74) is 3.95. The van der Waals surface area contributed by atoms with E-state index in [-0.39, 0.29) is 17.1 Å². The van der Waals surface area contributed by atoms with E-state index in [1.165, 1.54) is 28.6 Å². The molecule has 0 aromatic carbocycles. The highest BCUT2D eigenvalue weighted by molar-refractivity contribution is 7.99. The molecule has 29 heavy (non-hydrogen) atoms. The highest BCUT2D eigenvalue weighted by Crippen LogP contribution is 2.34. The Morgan fingerprint density at radius 3 is 2.79 bits per heavy atom. The molecule has 4 rings (SSSR count). The van der Waals surface area contributed by atoms with Crippen LogP contribution in [0, 0.1) is 13.8 Å². The lowest BCUT2D eigenvalue weighted by Gasteiger charge is -2.12. The van der Waals surface area contributed by atoms with Crippen molar-refractivity contribution in [3.05, 3.63) is 56.5 Å². The summed E-state index contributed by atoms with van der Waals surface area (Å²) >= 11 is 2.98. The zero-order valence-electron chi connectivity index (χ0n) is 17.1. The maximum atomic E-state index is 13.3. The van der Waals surface area contributed by atoms with Crippen LogP contribution >= 0.6 is 23.1 Å². The first-order chi connectivity index (χ1) is 13.9. The third-order valence-electron chi connectivity index (χ3n) is 5.76. The first-order valence-electron chi connectivity index (χ1n) is 9.87. The van der Waals surface area contributed by atoms with Gasteiger partial charge in [-0.15, -0.1) is 17.9 Å². The number of Topliss-reactive ketones (excluding diaryl/α,β-unsaturated/α-hetero) is 1. The van der Waals surface area contributed by atoms with E-state index < -0.39 is 0 Å². The fourth-order valence-corrected chi connectivity index (χ4v) is 6.16. The van der Waals surface area contributed by atoms with Crippen LogP contribution in [0.3, 0.4) is 0 Å². The Morgan fingerprint density at radius 1 is 1.34 bits per heavy atom. The number of allylic oxidation sites excluding steroid dienone is 1. The zero-order chi connectivity index (χ0) is 20.7. The molecule has 0 radical (unpaired) electrons. The van der Waals surface area contributed by atoms with Crippen LogP contribution in [-0.4, -0.2) is 25.7 Å². The highest BCUT2D eigenvalue weighted by Gasteiger charge is 2.23. The van der Waals surface area contributed by atoms with Crippen molar-refractivity contribution >= 4 is 39.1 Å². The Bertz CT molecular complexity index is 1180. The summed E-state index contributed by atoms with van der Waals surface area (Å²) in [4.78, 5) is 33.0. The van der Waals surface area contributed by atoms with E-state index in [0.29, 0.717) is 11.7 Å². The minimum atomic E-state index is -0.00372. The van der Waals surface area contributed by atoms with Crippen molar-refractivity contribution in [1.82, 2.24) is 14.1 Å². The van der Waals surface area contributed by atoms with E-state index >= 15 is 0 Å². The Labute approximate surface area is 178 Å². The molecular formula is C22H25N3O2S2. The molecule has 3 aromatic rings. The third-order valence-corrected chi connectivity index (χ3v) is 7.92. The van der Waals surface area contributed by atoms with Crippen LogP contribution in [0.25, 0.3) is 10.2 Å². The van der Waals surface area contributed by atoms with Gasteiger partial charge in [0.15, 0.2) is 10.9 Å². The standard InChI is InChI=1S/C22H25N3O2S2/c1-5-10-25-21(27)19-15-8-6-7-9-18(15)29-20(19)23-22(25)28-12-17(26)16-11-13(2)24(4)14(16)3/h5,11H,1,6-10,12H2,2-4H3. The molecule has 0 bridgehead atoms. The molecule has 0 amide bonds. The van der Waals surface area contributed by atoms with Crippen LogP contribution in [0.2, 0.25) is 0 Å². The number of aromatic nitrogens is 3. The summed E-state index contributed by atoms with van der Waals surface area (Å²) in [5, 5.41) is 1.37. The minimum absolute atomic E-state index is 0.00372. The number of fused-ring (bicyclic) bond motifs is 3. The number of thiophene rings is 1. The monoisotopic (exact) mass is 427 g/mol. The Hall–Kier alpha value is -2.12. The van der Waals surface area contributed by atoms with E-state index in [4.69, 9.17) is 4.98 Å². The van der Waals surface area contributed by atoms with Crippen LogP contribution in [-0.2, 0) is 26.4 Å². The minimum Gasteiger partial charge on any atom is -0.351 e. The van der Waals surface area contributed by atoms with E-state index in [0.717, 1.165) is 46.4 Å². The van der Waals surface area contributed by atoms with Gasteiger partial charge in [0.25, 0.3) is 5.56 Å². The molecule has 0 spiro atoms. The lowest BCUT2D eigenvalue weighted by molar-refractivity contribution is 0.102. The molecular weight excluding hydrogens is 402 g/mol. The molecule has 1 aliphatic carbocycles. The lowest BCUT2D eigenvalue weighted by atomic mass is 9.97. The van der Waals surface area contributed by atoms with E-state index in [1.54, 1.807) is 22.0 Å². The van der Waals surface area contributed by atoms with Gasteiger partial charge < -0.3 is 4.57 Å². The molecule has 0 saturated carbocycles. The SMILES string of the molecule is C=CCn1c(SCC(=O)c2cc(C)n(C)c2C)nc2sc3c(c2c1=O)CCCC3. The van der Waals surface area contributed by atoms with Crippen LogP contribution in [0.5, 0.6) is 0 Å². The smallest absolute Gasteiger partial charge is 0.263 e. The van der Waals surface area contributed by atoms with Gasteiger partial charge in [-0.3, -0.25) is 14.2 Å². The van der Waals surface area contributed by atoms with Crippen LogP contribution in [0.1, 0.15) is 45.0 Å². The molecule has 152 valence electrons. The topological polar surface area (TPSA) is 56.9 Å².